The quantitative estimate of drug-likeness (QED) is 0.343. The number of pyridine rings is 1. The predicted molar refractivity (Wildman–Crippen MR) is 159 cm³/mol. The zero-order chi connectivity index (χ0) is 30.4. The van der Waals surface area contributed by atoms with Crippen LogP contribution in [0.1, 0.15) is 59.1 Å². The van der Waals surface area contributed by atoms with Crippen LogP contribution in [-0.2, 0) is 14.3 Å². The summed E-state index contributed by atoms with van der Waals surface area (Å²) in [5.74, 6) is -1.19. The van der Waals surface area contributed by atoms with Crippen molar-refractivity contribution in [2.45, 2.75) is 39.5 Å². The van der Waals surface area contributed by atoms with Crippen LogP contribution in [0, 0.1) is 18.8 Å². The molecule has 0 saturated heterocycles. The van der Waals surface area contributed by atoms with Gasteiger partial charge in [-0.15, -0.1) is 0 Å². The molecule has 42 heavy (non-hydrogen) atoms. The van der Waals surface area contributed by atoms with Crippen molar-refractivity contribution < 1.29 is 28.3 Å². The molecule has 3 aromatic rings. The maximum absolute atomic E-state index is 13.5. The Hall–Kier alpha value is -4.25. The van der Waals surface area contributed by atoms with Crippen LogP contribution in [0.25, 0.3) is 11.0 Å². The Labute approximate surface area is 245 Å². The van der Waals surface area contributed by atoms with E-state index in [1.54, 1.807) is 61.4 Å². The van der Waals surface area contributed by atoms with Crippen LogP contribution in [0.15, 0.2) is 40.9 Å². The number of likely N-dealkylation sites (N-methyl/N-ethyl adjacent to an activating group) is 1. The van der Waals surface area contributed by atoms with Crippen LogP contribution >= 0.6 is 0 Å². The Bertz CT molecular complexity index is 1440. The number of ether oxygens (including phenoxy) is 1. The number of furan rings is 1. The number of carbonyl (C=O) groups excluding carboxylic acids is 4. The van der Waals surface area contributed by atoms with E-state index in [9.17, 15) is 19.2 Å². The average molecular weight is 578 g/mol. The minimum absolute atomic E-state index is 0.0711. The van der Waals surface area contributed by atoms with Gasteiger partial charge in [-0.25, -0.2) is 4.98 Å². The molecule has 4 amide bonds. The summed E-state index contributed by atoms with van der Waals surface area (Å²) < 4.78 is 11.3. The molecule has 1 aliphatic carbocycles. The number of hydrogen-bond acceptors (Lipinski definition) is 7. The van der Waals surface area contributed by atoms with Gasteiger partial charge in [-0.2, -0.15) is 0 Å². The number of rotatable bonds is 10. The van der Waals surface area contributed by atoms with Crippen molar-refractivity contribution in [1.82, 2.24) is 14.8 Å². The summed E-state index contributed by atoms with van der Waals surface area (Å²) in [7, 11) is 5.16. The van der Waals surface area contributed by atoms with Gasteiger partial charge < -0.3 is 29.6 Å². The van der Waals surface area contributed by atoms with Crippen molar-refractivity contribution in [3.05, 3.63) is 53.4 Å². The molecule has 0 bridgehead atoms. The molecule has 11 nitrogen and oxygen atoms in total. The van der Waals surface area contributed by atoms with E-state index in [4.69, 9.17) is 9.15 Å². The number of hydrogen-bond donors (Lipinski definition) is 2. The number of fused-ring (bicyclic) bond motifs is 1. The minimum atomic E-state index is -0.583. The summed E-state index contributed by atoms with van der Waals surface area (Å²) in [5, 5.41) is 6.09. The van der Waals surface area contributed by atoms with E-state index in [0.717, 1.165) is 5.56 Å². The predicted octanol–water partition coefficient (Wildman–Crippen LogP) is 4.33. The molecule has 2 heterocycles. The lowest BCUT2D eigenvalue weighted by molar-refractivity contribution is -0.135. The summed E-state index contributed by atoms with van der Waals surface area (Å²) >= 11 is 0. The first-order valence-electron chi connectivity index (χ1n) is 14.2. The third-order valence-corrected chi connectivity index (χ3v) is 7.55. The minimum Gasteiger partial charge on any atom is -0.449 e. The number of aryl methyl sites for hydroxylation is 1. The number of benzene rings is 1. The van der Waals surface area contributed by atoms with Crippen molar-refractivity contribution >= 4 is 46.1 Å². The van der Waals surface area contributed by atoms with E-state index in [0.29, 0.717) is 67.8 Å². The molecule has 1 fully saturated rings. The zero-order valence-electron chi connectivity index (χ0n) is 24.9. The van der Waals surface area contributed by atoms with E-state index < -0.39 is 5.91 Å². The summed E-state index contributed by atoms with van der Waals surface area (Å²) in [5.41, 5.74) is 1.86. The lowest BCUT2D eigenvalue weighted by Gasteiger charge is -2.28. The topological polar surface area (TPSA) is 134 Å². The van der Waals surface area contributed by atoms with Gasteiger partial charge in [0.2, 0.25) is 17.6 Å². The fraction of sp³-hybridized carbons (Fsp3) is 0.452. The molecule has 0 aliphatic heterocycles. The lowest BCUT2D eigenvalue weighted by atomic mass is 9.81. The lowest BCUT2D eigenvalue weighted by Crippen LogP contribution is -2.35. The van der Waals surface area contributed by atoms with Gasteiger partial charge in [-0.3, -0.25) is 19.2 Å². The third-order valence-electron chi connectivity index (χ3n) is 7.55. The molecule has 0 radical (unpaired) electrons. The normalized spacial score (nSPS) is 16.6. The van der Waals surface area contributed by atoms with Gasteiger partial charge >= 0.3 is 0 Å². The smallest absolute Gasteiger partial charge is 0.294 e. The summed E-state index contributed by atoms with van der Waals surface area (Å²) in [6, 6.07) is 8.37. The summed E-state index contributed by atoms with van der Waals surface area (Å²) in [6.07, 6.45) is 3.96. The second-order valence-corrected chi connectivity index (χ2v) is 10.9. The summed E-state index contributed by atoms with van der Waals surface area (Å²) in [6.45, 7) is 5.16. The van der Waals surface area contributed by atoms with Crippen molar-refractivity contribution in [2.75, 3.05) is 51.5 Å². The van der Waals surface area contributed by atoms with Crippen LogP contribution in [0.3, 0.4) is 0 Å². The molecule has 224 valence electrons. The van der Waals surface area contributed by atoms with Gasteiger partial charge in [0, 0.05) is 63.3 Å². The van der Waals surface area contributed by atoms with Crippen molar-refractivity contribution in [1.29, 1.82) is 0 Å². The van der Waals surface area contributed by atoms with Gasteiger partial charge in [-0.1, -0.05) is 6.07 Å². The van der Waals surface area contributed by atoms with Gasteiger partial charge in [0.1, 0.15) is 17.1 Å². The van der Waals surface area contributed by atoms with Crippen LogP contribution in [0.4, 0.5) is 11.5 Å². The Morgan fingerprint density at radius 3 is 2.36 bits per heavy atom. The fourth-order valence-corrected chi connectivity index (χ4v) is 5.09. The van der Waals surface area contributed by atoms with Crippen LogP contribution in [0.2, 0.25) is 0 Å². The van der Waals surface area contributed by atoms with Crippen molar-refractivity contribution in [2.24, 2.45) is 11.8 Å². The molecule has 1 saturated carbocycles. The highest BCUT2D eigenvalue weighted by Gasteiger charge is 2.32. The molecule has 0 unspecified atom stereocenters. The zero-order valence-corrected chi connectivity index (χ0v) is 24.9. The van der Waals surface area contributed by atoms with Crippen LogP contribution in [-0.4, -0.2) is 79.3 Å². The number of nitrogens with zero attached hydrogens (tertiary/aromatic N) is 3. The second kappa shape index (κ2) is 13.6. The monoisotopic (exact) mass is 577 g/mol. The number of aromatic nitrogens is 1. The maximum Gasteiger partial charge on any atom is 0.294 e. The standard InChI is InChI=1S/C31H39N5O6/c1-6-41-16-15-36(5)31(40)22-12-13-24-23(17-22)26(27(42-24)29(38)33-25-14-7-19(2)18-32-25)34-28(37)20-8-10-21(11-9-20)30(39)35(3)4/h7,12-14,17-18,20-21H,6,8-11,15-16H2,1-5H3,(H,34,37)(H,32,33,38). The molecular weight excluding hydrogens is 538 g/mol. The highest BCUT2D eigenvalue weighted by atomic mass is 16.5. The van der Waals surface area contributed by atoms with Crippen molar-refractivity contribution in [3.63, 3.8) is 0 Å². The number of amides is 4. The molecular formula is C31H39N5O6. The Morgan fingerprint density at radius 2 is 1.71 bits per heavy atom. The van der Waals surface area contributed by atoms with E-state index in [-0.39, 0.29) is 41.0 Å². The molecule has 1 aliphatic rings. The second-order valence-electron chi connectivity index (χ2n) is 10.9. The average Bonchev–Trinajstić information content (AvgIpc) is 3.35. The van der Waals surface area contributed by atoms with Crippen molar-refractivity contribution in [3.8, 4) is 0 Å². The third kappa shape index (κ3) is 7.14. The SMILES string of the molecule is CCOCCN(C)C(=O)c1ccc2oc(C(=O)Nc3ccc(C)cn3)c(NC(=O)C3CCC(C(=O)N(C)C)CC3)c2c1. The first kappa shape index (κ1) is 30.7. The molecule has 0 spiro atoms. The van der Waals surface area contributed by atoms with Crippen LogP contribution in [0.5, 0.6) is 0 Å². The molecule has 4 rings (SSSR count). The number of anilines is 2. The fourth-order valence-electron chi connectivity index (χ4n) is 5.09. The van der Waals surface area contributed by atoms with E-state index >= 15 is 0 Å². The van der Waals surface area contributed by atoms with Gasteiger partial charge in [0.25, 0.3) is 11.8 Å². The Morgan fingerprint density at radius 1 is 1.00 bits per heavy atom. The summed E-state index contributed by atoms with van der Waals surface area (Å²) in [4.78, 5) is 59.8. The maximum atomic E-state index is 13.5. The van der Waals surface area contributed by atoms with Gasteiger partial charge in [0.15, 0.2) is 0 Å². The molecule has 1 aromatic carbocycles. The Balaban J connectivity index is 1.62. The number of nitrogens with one attached hydrogen (secondary N) is 2. The van der Waals surface area contributed by atoms with E-state index in [2.05, 4.69) is 15.6 Å². The van der Waals surface area contributed by atoms with Crippen LogP contribution < -0.4 is 10.6 Å². The van der Waals surface area contributed by atoms with E-state index in [1.807, 2.05) is 19.9 Å². The highest BCUT2D eigenvalue weighted by Crippen LogP contribution is 2.35. The first-order chi connectivity index (χ1) is 20.1. The van der Waals surface area contributed by atoms with Gasteiger partial charge in [0.05, 0.1) is 6.61 Å². The molecule has 2 N–H and O–H groups in total. The molecule has 0 atom stereocenters. The first-order valence-corrected chi connectivity index (χ1v) is 14.2. The molecule has 11 heteroatoms. The number of carbonyl (C=O) groups is 4. The molecule has 2 aromatic heterocycles. The Kier molecular flexibility index (Phi) is 9.95. The van der Waals surface area contributed by atoms with E-state index in [1.165, 1.54) is 0 Å². The largest absolute Gasteiger partial charge is 0.449 e. The highest BCUT2D eigenvalue weighted by molar-refractivity contribution is 6.15. The van der Waals surface area contributed by atoms with Gasteiger partial charge in [-0.05, 0) is 69.4 Å².